The summed E-state index contributed by atoms with van der Waals surface area (Å²) >= 11 is 12.0. The zero-order valence-corrected chi connectivity index (χ0v) is 19.3. The number of guanidine groups is 1. The van der Waals surface area contributed by atoms with Crippen LogP contribution >= 0.6 is 47.2 Å². The monoisotopic (exact) mass is 521 g/mol. The van der Waals surface area contributed by atoms with Crippen molar-refractivity contribution in [1.29, 1.82) is 0 Å². The second-order valence-corrected chi connectivity index (χ2v) is 8.91. The van der Waals surface area contributed by atoms with Crippen LogP contribution in [-0.4, -0.2) is 46.0 Å². The van der Waals surface area contributed by atoms with Gasteiger partial charge in [0.25, 0.3) is 0 Å². The van der Waals surface area contributed by atoms with Gasteiger partial charge in [0.2, 0.25) is 0 Å². The number of rotatable bonds is 8. The highest BCUT2D eigenvalue weighted by molar-refractivity contribution is 14.0. The molecule has 1 aromatic carbocycles. The number of hydrogen-bond acceptors (Lipinski definition) is 3. The fraction of sp³-hybridized carbons (Fsp3) is 0.562. The topological polar surface area (TPSA) is 70.6 Å². The molecular weight excluding hydrogens is 496 g/mol. The van der Waals surface area contributed by atoms with E-state index < -0.39 is 9.84 Å². The number of sulfone groups is 1. The van der Waals surface area contributed by atoms with Gasteiger partial charge in [0.05, 0.1) is 5.75 Å². The lowest BCUT2D eigenvalue weighted by molar-refractivity contribution is 0.580. The van der Waals surface area contributed by atoms with Crippen molar-refractivity contribution in [2.24, 2.45) is 4.99 Å². The first kappa shape index (κ1) is 24.8. The van der Waals surface area contributed by atoms with Gasteiger partial charge in [0.15, 0.2) is 5.96 Å². The molecule has 1 rings (SSSR count). The quantitative estimate of drug-likeness (QED) is 0.237. The van der Waals surface area contributed by atoms with Gasteiger partial charge in [-0.25, -0.2) is 8.42 Å². The van der Waals surface area contributed by atoms with Gasteiger partial charge in [-0.1, -0.05) is 29.3 Å². The third-order valence-corrected chi connectivity index (χ3v) is 5.02. The van der Waals surface area contributed by atoms with E-state index >= 15 is 0 Å². The average Bonchev–Trinajstić information content (AvgIpc) is 2.49. The highest BCUT2D eigenvalue weighted by Gasteiger charge is 2.09. The Hall–Kier alpha value is -0.250. The van der Waals surface area contributed by atoms with Crippen molar-refractivity contribution in [2.75, 3.05) is 25.6 Å². The summed E-state index contributed by atoms with van der Waals surface area (Å²) in [6.07, 6.45) is 3.51. The Labute approximate surface area is 177 Å². The molecule has 1 unspecified atom stereocenters. The minimum atomic E-state index is -2.94. The Kier molecular flexibility index (Phi) is 12.1. The standard InChI is InChI=1S/C16H25Cl2N3O2S.HI/c1-12(8-10-24(3,22)23)21-16(19-2)20-9-4-5-13-6-7-14(17)11-15(13)18;/h6-7,11-12H,4-5,8-10H2,1-3H3,(H2,19,20,21);1H. The van der Waals surface area contributed by atoms with Crippen LogP contribution in [0.15, 0.2) is 23.2 Å². The molecular formula is C16H26Cl2IN3O2S. The predicted molar refractivity (Wildman–Crippen MR) is 118 cm³/mol. The largest absolute Gasteiger partial charge is 0.356 e. The molecule has 0 radical (unpaired) electrons. The first-order chi connectivity index (χ1) is 11.2. The highest BCUT2D eigenvalue weighted by atomic mass is 127. The summed E-state index contributed by atoms with van der Waals surface area (Å²) in [6.45, 7) is 2.67. The Bertz CT molecular complexity index is 669. The molecule has 0 heterocycles. The van der Waals surface area contributed by atoms with Gasteiger partial charge < -0.3 is 10.6 Å². The maximum absolute atomic E-state index is 11.2. The molecule has 0 spiro atoms. The molecule has 144 valence electrons. The second-order valence-electron chi connectivity index (χ2n) is 5.80. The summed E-state index contributed by atoms with van der Waals surface area (Å²) in [5, 5.41) is 7.72. The molecule has 1 aromatic rings. The van der Waals surface area contributed by atoms with Crippen LogP contribution in [0, 0.1) is 0 Å². The first-order valence-electron chi connectivity index (χ1n) is 7.80. The van der Waals surface area contributed by atoms with Crippen molar-refractivity contribution >= 4 is 63.0 Å². The first-order valence-corrected chi connectivity index (χ1v) is 10.6. The summed E-state index contributed by atoms with van der Waals surface area (Å²) in [5.41, 5.74) is 1.06. The lowest BCUT2D eigenvalue weighted by Gasteiger charge is -2.17. The highest BCUT2D eigenvalue weighted by Crippen LogP contribution is 2.21. The minimum Gasteiger partial charge on any atom is -0.356 e. The van der Waals surface area contributed by atoms with Crippen LogP contribution in [0.4, 0.5) is 0 Å². The zero-order valence-electron chi connectivity index (χ0n) is 14.7. The molecule has 9 heteroatoms. The molecule has 0 saturated heterocycles. The zero-order chi connectivity index (χ0) is 18.2. The van der Waals surface area contributed by atoms with Crippen LogP contribution < -0.4 is 10.6 Å². The molecule has 25 heavy (non-hydrogen) atoms. The molecule has 5 nitrogen and oxygen atoms in total. The summed E-state index contributed by atoms with van der Waals surface area (Å²) in [6, 6.07) is 5.54. The van der Waals surface area contributed by atoms with Crippen molar-refractivity contribution < 1.29 is 8.42 Å². The number of aliphatic imine (C=N–C) groups is 1. The summed E-state index contributed by atoms with van der Waals surface area (Å²) in [4.78, 5) is 4.15. The molecule has 0 fully saturated rings. The van der Waals surface area contributed by atoms with Crippen molar-refractivity contribution in [1.82, 2.24) is 10.6 Å². The Morgan fingerprint density at radius 3 is 2.56 bits per heavy atom. The number of aryl methyl sites for hydroxylation is 1. The Balaban J connectivity index is 0.00000576. The van der Waals surface area contributed by atoms with Gasteiger partial charge in [-0.3, -0.25) is 4.99 Å². The van der Waals surface area contributed by atoms with Crippen molar-refractivity contribution in [3.8, 4) is 0 Å². The third kappa shape index (κ3) is 11.1. The number of halogens is 3. The third-order valence-electron chi connectivity index (χ3n) is 3.46. The van der Waals surface area contributed by atoms with E-state index in [1.165, 1.54) is 6.26 Å². The molecule has 0 bridgehead atoms. The van der Waals surface area contributed by atoms with Gasteiger partial charge >= 0.3 is 0 Å². The fourth-order valence-electron chi connectivity index (χ4n) is 2.10. The molecule has 0 saturated carbocycles. The van der Waals surface area contributed by atoms with E-state index in [9.17, 15) is 8.42 Å². The van der Waals surface area contributed by atoms with Gasteiger partial charge in [0.1, 0.15) is 9.84 Å². The molecule has 0 aromatic heterocycles. The molecule has 0 aliphatic rings. The average molecular weight is 522 g/mol. The SMILES string of the molecule is CN=C(NCCCc1ccc(Cl)cc1Cl)NC(C)CCS(C)(=O)=O.I. The molecule has 0 aliphatic heterocycles. The van der Waals surface area contributed by atoms with E-state index in [-0.39, 0.29) is 35.8 Å². The number of benzene rings is 1. The van der Waals surface area contributed by atoms with Crippen LogP contribution in [-0.2, 0) is 16.3 Å². The summed E-state index contributed by atoms with van der Waals surface area (Å²) in [7, 11) is -1.25. The van der Waals surface area contributed by atoms with Crippen molar-refractivity contribution in [3.05, 3.63) is 33.8 Å². The Morgan fingerprint density at radius 1 is 1.32 bits per heavy atom. The van der Waals surface area contributed by atoms with Crippen LogP contribution in [0.2, 0.25) is 10.0 Å². The number of hydrogen-bond donors (Lipinski definition) is 2. The fourth-order valence-corrected chi connectivity index (χ4v) is 3.39. The normalized spacial score (nSPS) is 13.1. The van der Waals surface area contributed by atoms with Gasteiger partial charge in [-0.05, 0) is 43.9 Å². The number of nitrogens with one attached hydrogen (secondary N) is 2. The van der Waals surface area contributed by atoms with Gasteiger partial charge in [-0.15, -0.1) is 24.0 Å². The van der Waals surface area contributed by atoms with Crippen LogP contribution in [0.5, 0.6) is 0 Å². The van der Waals surface area contributed by atoms with Crippen LogP contribution in [0.3, 0.4) is 0 Å². The minimum absolute atomic E-state index is 0. The van der Waals surface area contributed by atoms with Gasteiger partial charge in [0, 0.05) is 35.9 Å². The van der Waals surface area contributed by atoms with E-state index in [0.717, 1.165) is 24.9 Å². The van der Waals surface area contributed by atoms with E-state index in [0.29, 0.717) is 22.4 Å². The van der Waals surface area contributed by atoms with E-state index in [2.05, 4.69) is 15.6 Å². The molecule has 1 atom stereocenters. The van der Waals surface area contributed by atoms with Crippen LogP contribution in [0.1, 0.15) is 25.3 Å². The maximum Gasteiger partial charge on any atom is 0.191 e. The molecule has 0 amide bonds. The van der Waals surface area contributed by atoms with Crippen molar-refractivity contribution in [2.45, 2.75) is 32.2 Å². The maximum atomic E-state index is 11.2. The lowest BCUT2D eigenvalue weighted by atomic mass is 10.1. The Morgan fingerprint density at radius 2 is 2.00 bits per heavy atom. The summed E-state index contributed by atoms with van der Waals surface area (Å²) < 4.78 is 22.4. The van der Waals surface area contributed by atoms with E-state index in [1.54, 1.807) is 13.1 Å². The van der Waals surface area contributed by atoms with Crippen LogP contribution in [0.25, 0.3) is 0 Å². The second kappa shape index (κ2) is 12.2. The number of nitrogens with zero attached hydrogens (tertiary/aromatic N) is 1. The summed E-state index contributed by atoms with van der Waals surface area (Å²) in [5.74, 6) is 0.825. The van der Waals surface area contributed by atoms with Crippen molar-refractivity contribution in [3.63, 3.8) is 0 Å². The smallest absolute Gasteiger partial charge is 0.191 e. The molecule has 2 N–H and O–H groups in total. The van der Waals surface area contributed by atoms with E-state index in [4.69, 9.17) is 23.2 Å². The lowest BCUT2D eigenvalue weighted by Crippen LogP contribution is -2.43. The van der Waals surface area contributed by atoms with Gasteiger partial charge in [-0.2, -0.15) is 0 Å². The predicted octanol–water partition coefficient (Wildman–Crippen LogP) is 3.53. The van der Waals surface area contributed by atoms with E-state index in [1.807, 2.05) is 19.1 Å². The molecule has 0 aliphatic carbocycles.